The van der Waals surface area contributed by atoms with E-state index in [1.807, 2.05) is 25.8 Å². The summed E-state index contributed by atoms with van der Waals surface area (Å²) in [5, 5.41) is 14.2. The summed E-state index contributed by atoms with van der Waals surface area (Å²) in [6.45, 7) is 8.74. The van der Waals surface area contributed by atoms with Crippen molar-refractivity contribution in [2.45, 2.75) is 40.2 Å². The molecule has 7 heteroatoms. The van der Waals surface area contributed by atoms with Gasteiger partial charge in [-0.25, -0.2) is 9.97 Å². The van der Waals surface area contributed by atoms with Gasteiger partial charge in [0.15, 0.2) is 0 Å². The molecule has 0 saturated heterocycles. The number of rotatable bonds is 7. The highest BCUT2D eigenvalue weighted by atomic mass is 16.6. The van der Waals surface area contributed by atoms with E-state index in [0.717, 1.165) is 6.42 Å². The van der Waals surface area contributed by atoms with Crippen molar-refractivity contribution in [1.29, 1.82) is 0 Å². The van der Waals surface area contributed by atoms with Crippen LogP contribution < -0.4 is 10.2 Å². The Morgan fingerprint density at radius 3 is 2.55 bits per heavy atom. The van der Waals surface area contributed by atoms with E-state index in [0.29, 0.717) is 18.3 Å². The molecule has 1 aromatic heterocycles. The molecule has 0 bridgehead atoms. The Bertz CT molecular complexity index is 464. The molecule has 0 aromatic carbocycles. The molecular formula is C13H23N5O2. The van der Waals surface area contributed by atoms with Gasteiger partial charge in [0, 0.05) is 19.6 Å². The van der Waals surface area contributed by atoms with Crippen LogP contribution in [-0.2, 0) is 0 Å². The Balaban J connectivity index is 3.16. The van der Waals surface area contributed by atoms with E-state index in [1.165, 1.54) is 6.33 Å². The zero-order chi connectivity index (χ0) is 15.3. The third-order valence-electron chi connectivity index (χ3n) is 3.14. The predicted molar refractivity (Wildman–Crippen MR) is 80.2 cm³/mol. The molecule has 0 fully saturated rings. The van der Waals surface area contributed by atoms with E-state index in [1.54, 1.807) is 0 Å². The standard InChI is InChI=1S/C13H23N5O2/c1-6-14-12-11(18(19)20)13(16-8-15-12)17(5)10(4)7-9(2)3/h8-10H,6-7H2,1-5H3,(H,14,15,16). The van der Waals surface area contributed by atoms with E-state index in [4.69, 9.17) is 0 Å². The summed E-state index contributed by atoms with van der Waals surface area (Å²) in [4.78, 5) is 20.8. The van der Waals surface area contributed by atoms with E-state index >= 15 is 0 Å². The molecule has 0 aliphatic heterocycles. The van der Waals surface area contributed by atoms with Gasteiger partial charge in [-0.3, -0.25) is 10.1 Å². The zero-order valence-electron chi connectivity index (χ0n) is 12.8. The number of nitrogens with zero attached hydrogens (tertiary/aromatic N) is 4. The molecule has 0 saturated carbocycles. The topological polar surface area (TPSA) is 84.2 Å². The van der Waals surface area contributed by atoms with Crippen molar-refractivity contribution in [3.8, 4) is 0 Å². The first kappa shape index (κ1) is 16.1. The first-order valence-electron chi connectivity index (χ1n) is 6.84. The maximum Gasteiger partial charge on any atom is 0.353 e. The van der Waals surface area contributed by atoms with E-state index in [9.17, 15) is 10.1 Å². The van der Waals surface area contributed by atoms with Crippen LogP contribution in [0.4, 0.5) is 17.3 Å². The van der Waals surface area contributed by atoms with E-state index in [2.05, 4.69) is 29.1 Å². The van der Waals surface area contributed by atoms with Gasteiger partial charge in [-0.1, -0.05) is 13.8 Å². The third kappa shape index (κ3) is 3.79. The van der Waals surface area contributed by atoms with Crippen molar-refractivity contribution in [2.75, 3.05) is 23.8 Å². The van der Waals surface area contributed by atoms with Gasteiger partial charge in [0.25, 0.3) is 0 Å². The van der Waals surface area contributed by atoms with Gasteiger partial charge in [-0.15, -0.1) is 0 Å². The summed E-state index contributed by atoms with van der Waals surface area (Å²) in [6.07, 6.45) is 2.30. The number of hydrogen-bond donors (Lipinski definition) is 1. The van der Waals surface area contributed by atoms with Crippen LogP contribution in [-0.4, -0.2) is 34.5 Å². The smallest absolute Gasteiger partial charge is 0.353 e. The summed E-state index contributed by atoms with van der Waals surface area (Å²) >= 11 is 0. The Morgan fingerprint density at radius 2 is 2.05 bits per heavy atom. The second-order valence-corrected chi connectivity index (χ2v) is 5.27. The first-order chi connectivity index (χ1) is 9.38. The van der Waals surface area contributed by atoms with Gasteiger partial charge in [-0.05, 0) is 26.2 Å². The lowest BCUT2D eigenvalue weighted by Crippen LogP contribution is -2.31. The molecule has 0 spiro atoms. The van der Waals surface area contributed by atoms with E-state index in [-0.39, 0.29) is 17.5 Å². The van der Waals surface area contributed by atoms with Crippen molar-refractivity contribution < 1.29 is 4.92 Å². The molecule has 0 aliphatic rings. The molecule has 0 amide bonds. The van der Waals surface area contributed by atoms with Crippen molar-refractivity contribution in [3.05, 3.63) is 16.4 Å². The average molecular weight is 281 g/mol. The van der Waals surface area contributed by atoms with Crippen LogP contribution in [0.25, 0.3) is 0 Å². The maximum atomic E-state index is 11.3. The summed E-state index contributed by atoms with van der Waals surface area (Å²) in [5.74, 6) is 1.14. The van der Waals surface area contributed by atoms with Gasteiger partial charge in [0.2, 0.25) is 11.6 Å². The highest BCUT2D eigenvalue weighted by Gasteiger charge is 2.27. The largest absolute Gasteiger partial charge is 0.364 e. The van der Waals surface area contributed by atoms with Crippen molar-refractivity contribution in [3.63, 3.8) is 0 Å². The molecule has 1 atom stereocenters. The molecule has 1 rings (SSSR count). The van der Waals surface area contributed by atoms with Crippen LogP contribution in [0.1, 0.15) is 34.1 Å². The average Bonchev–Trinajstić information content (AvgIpc) is 2.36. The number of aromatic nitrogens is 2. The molecule has 7 nitrogen and oxygen atoms in total. The second kappa shape index (κ2) is 7.02. The SMILES string of the molecule is CCNc1ncnc(N(C)C(C)CC(C)C)c1[N+](=O)[O-]. The molecule has 112 valence electrons. The molecule has 1 N–H and O–H groups in total. The lowest BCUT2D eigenvalue weighted by molar-refractivity contribution is -0.383. The quantitative estimate of drug-likeness (QED) is 0.611. The summed E-state index contributed by atoms with van der Waals surface area (Å²) in [6, 6.07) is 0.165. The maximum absolute atomic E-state index is 11.3. The molecule has 1 heterocycles. The van der Waals surface area contributed by atoms with Crippen LogP contribution >= 0.6 is 0 Å². The van der Waals surface area contributed by atoms with Crippen LogP contribution in [0.3, 0.4) is 0 Å². The summed E-state index contributed by atoms with van der Waals surface area (Å²) < 4.78 is 0. The second-order valence-electron chi connectivity index (χ2n) is 5.27. The molecule has 0 radical (unpaired) electrons. The van der Waals surface area contributed by atoms with Crippen molar-refractivity contribution in [2.24, 2.45) is 5.92 Å². The van der Waals surface area contributed by atoms with Gasteiger partial charge in [-0.2, -0.15) is 0 Å². The van der Waals surface area contributed by atoms with Gasteiger partial charge >= 0.3 is 5.69 Å². The molecular weight excluding hydrogens is 258 g/mol. The van der Waals surface area contributed by atoms with Gasteiger partial charge in [0.05, 0.1) is 4.92 Å². The van der Waals surface area contributed by atoms with Crippen molar-refractivity contribution in [1.82, 2.24) is 9.97 Å². The first-order valence-corrected chi connectivity index (χ1v) is 6.84. The highest BCUT2D eigenvalue weighted by Crippen LogP contribution is 2.32. The Morgan fingerprint density at radius 1 is 1.40 bits per heavy atom. The van der Waals surface area contributed by atoms with E-state index < -0.39 is 4.92 Å². The zero-order valence-corrected chi connectivity index (χ0v) is 12.8. The minimum atomic E-state index is -0.425. The van der Waals surface area contributed by atoms with Gasteiger partial charge in [0.1, 0.15) is 6.33 Å². The lowest BCUT2D eigenvalue weighted by atomic mass is 10.0. The lowest BCUT2D eigenvalue weighted by Gasteiger charge is -2.27. The third-order valence-corrected chi connectivity index (χ3v) is 3.14. The van der Waals surface area contributed by atoms with Crippen LogP contribution in [0.15, 0.2) is 6.33 Å². The van der Waals surface area contributed by atoms with Crippen LogP contribution in [0.2, 0.25) is 0 Å². The number of nitro groups is 1. The summed E-state index contributed by atoms with van der Waals surface area (Å²) in [5.41, 5.74) is -0.0625. The minimum Gasteiger partial charge on any atom is -0.364 e. The van der Waals surface area contributed by atoms with Gasteiger partial charge < -0.3 is 10.2 Å². The monoisotopic (exact) mass is 281 g/mol. The fraction of sp³-hybridized carbons (Fsp3) is 0.692. The Labute approximate surface area is 119 Å². The Hall–Kier alpha value is -1.92. The number of hydrogen-bond acceptors (Lipinski definition) is 6. The number of anilines is 2. The minimum absolute atomic E-state index is 0.0625. The fourth-order valence-corrected chi connectivity index (χ4v) is 2.14. The predicted octanol–water partition coefficient (Wildman–Crippen LogP) is 2.69. The molecule has 1 aromatic rings. The molecule has 1 unspecified atom stereocenters. The van der Waals surface area contributed by atoms with Crippen LogP contribution in [0.5, 0.6) is 0 Å². The Kier molecular flexibility index (Phi) is 5.66. The fourth-order valence-electron chi connectivity index (χ4n) is 2.14. The normalized spacial score (nSPS) is 12.3. The number of nitrogens with one attached hydrogen (secondary N) is 1. The van der Waals surface area contributed by atoms with Crippen LogP contribution in [0, 0.1) is 16.0 Å². The highest BCUT2D eigenvalue weighted by molar-refractivity contribution is 5.70. The van der Waals surface area contributed by atoms with Crippen molar-refractivity contribution >= 4 is 17.3 Å². The molecule has 0 aliphatic carbocycles. The molecule has 20 heavy (non-hydrogen) atoms. The summed E-state index contributed by atoms with van der Waals surface area (Å²) in [7, 11) is 1.83.